The van der Waals surface area contributed by atoms with E-state index in [0.717, 1.165) is 43.7 Å². The Morgan fingerprint density at radius 2 is 2.00 bits per heavy atom. The molecule has 6 heteroatoms. The Hall–Kier alpha value is -2.08. The SMILES string of the molecule is CC(CC(=O)Nc1cccc(N2CCCC2)c1)NC(=O)[C@@H]1CCC[C@@H]1CN. The third kappa shape index (κ3) is 5.22. The first kappa shape index (κ1) is 19.7. The van der Waals surface area contributed by atoms with Crippen LogP contribution in [0.3, 0.4) is 0 Å². The highest BCUT2D eigenvalue weighted by molar-refractivity contribution is 5.92. The average molecular weight is 373 g/mol. The van der Waals surface area contributed by atoms with E-state index in [2.05, 4.69) is 21.6 Å². The molecule has 6 nitrogen and oxygen atoms in total. The van der Waals surface area contributed by atoms with E-state index in [1.165, 1.54) is 12.8 Å². The van der Waals surface area contributed by atoms with Gasteiger partial charge in [-0.3, -0.25) is 9.59 Å². The number of rotatable bonds is 7. The Labute approximate surface area is 161 Å². The van der Waals surface area contributed by atoms with Crippen LogP contribution in [0.4, 0.5) is 11.4 Å². The molecule has 3 atom stereocenters. The van der Waals surface area contributed by atoms with Gasteiger partial charge in [0.1, 0.15) is 0 Å². The van der Waals surface area contributed by atoms with E-state index >= 15 is 0 Å². The average Bonchev–Trinajstić information content (AvgIpc) is 3.33. The molecule has 0 spiro atoms. The minimum atomic E-state index is -0.196. The predicted molar refractivity (Wildman–Crippen MR) is 109 cm³/mol. The molecule has 0 radical (unpaired) electrons. The Morgan fingerprint density at radius 3 is 2.74 bits per heavy atom. The molecule has 3 rings (SSSR count). The normalized spacial score (nSPS) is 23.3. The fourth-order valence-corrected chi connectivity index (χ4v) is 4.31. The van der Waals surface area contributed by atoms with Crippen LogP contribution < -0.4 is 21.3 Å². The Kier molecular flexibility index (Phi) is 6.72. The van der Waals surface area contributed by atoms with Gasteiger partial charge in [0.2, 0.25) is 11.8 Å². The number of carbonyl (C=O) groups is 2. The quantitative estimate of drug-likeness (QED) is 0.686. The standard InChI is InChI=1S/C21H32N4O2/c1-15(23-21(27)19-9-4-6-16(19)14-22)12-20(26)24-17-7-5-8-18(13-17)25-10-2-3-11-25/h5,7-8,13,15-16,19H,2-4,6,9-12,14,22H2,1H3,(H,23,27)(H,24,26)/t15?,16-,19-/m1/s1. The Morgan fingerprint density at radius 1 is 1.22 bits per heavy atom. The number of nitrogens with one attached hydrogen (secondary N) is 2. The van der Waals surface area contributed by atoms with Crippen molar-refractivity contribution >= 4 is 23.2 Å². The van der Waals surface area contributed by atoms with Gasteiger partial charge in [0.25, 0.3) is 0 Å². The van der Waals surface area contributed by atoms with Crippen molar-refractivity contribution in [2.75, 3.05) is 29.9 Å². The summed E-state index contributed by atoms with van der Waals surface area (Å²) >= 11 is 0. The topological polar surface area (TPSA) is 87.5 Å². The first-order valence-corrected chi connectivity index (χ1v) is 10.2. The van der Waals surface area contributed by atoms with Crippen molar-refractivity contribution in [3.8, 4) is 0 Å². The van der Waals surface area contributed by atoms with Crippen molar-refractivity contribution in [1.82, 2.24) is 5.32 Å². The van der Waals surface area contributed by atoms with E-state index in [-0.39, 0.29) is 36.1 Å². The lowest BCUT2D eigenvalue weighted by atomic mass is 9.95. The molecule has 2 amide bonds. The molecule has 1 unspecified atom stereocenters. The van der Waals surface area contributed by atoms with Gasteiger partial charge < -0.3 is 21.3 Å². The van der Waals surface area contributed by atoms with Gasteiger partial charge >= 0.3 is 0 Å². The molecule has 0 bridgehead atoms. The molecule has 2 aliphatic rings. The summed E-state index contributed by atoms with van der Waals surface area (Å²) in [6.45, 7) is 4.59. The number of anilines is 2. The van der Waals surface area contributed by atoms with Crippen LogP contribution in [0.5, 0.6) is 0 Å². The van der Waals surface area contributed by atoms with Crippen LogP contribution in [0.15, 0.2) is 24.3 Å². The second kappa shape index (κ2) is 9.22. The molecule has 2 fully saturated rings. The number of carbonyl (C=O) groups excluding carboxylic acids is 2. The van der Waals surface area contributed by atoms with Crippen LogP contribution in [0.25, 0.3) is 0 Å². The fourth-order valence-electron chi connectivity index (χ4n) is 4.31. The predicted octanol–water partition coefficient (Wildman–Crippen LogP) is 2.50. The van der Waals surface area contributed by atoms with Gasteiger partial charge in [-0.2, -0.15) is 0 Å². The molecule has 1 aliphatic heterocycles. The number of nitrogens with zero attached hydrogens (tertiary/aromatic N) is 1. The third-order valence-corrected chi connectivity index (χ3v) is 5.78. The molecule has 0 aromatic heterocycles. The van der Waals surface area contributed by atoms with Crippen LogP contribution in [-0.2, 0) is 9.59 Å². The molecule has 1 aromatic rings. The lowest BCUT2D eigenvalue weighted by molar-refractivity contribution is -0.126. The summed E-state index contributed by atoms with van der Waals surface area (Å²) in [5.41, 5.74) is 7.73. The zero-order valence-electron chi connectivity index (χ0n) is 16.2. The van der Waals surface area contributed by atoms with Gasteiger partial charge in [-0.15, -0.1) is 0 Å². The first-order valence-electron chi connectivity index (χ1n) is 10.2. The summed E-state index contributed by atoms with van der Waals surface area (Å²) in [4.78, 5) is 27.2. The van der Waals surface area contributed by atoms with Crippen LogP contribution in [0.1, 0.15) is 45.4 Å². The first-order chi connectivity index (χ1) is 13.1. The number of amides is 2. The fraction of sp³-hybridized carbons (Fsp3) is 0.619. The molecule has 1 aliphatic carbocycles. The molecule has 148 valence electrons. The number of nitrogens with two attached hydrogens (primary N) is 1. The van der Waals surface area contributed by atoms with Crippen molar-refractivity contribution in [3.63, 3.8) is 0 Å². The highest BCUT2D eigenvalue weighted by atomic mass is 16.2. The third-order valence-electron chi connectivity index (χ3n) is 5.78. The van der Waals surface area contributed by atoms with E-state index in [0.29, 0.717) is 6.54 Å². The van der Waals surface area contributed by atoms with Gasteiger partial charge in [0.15, 0.2) is 0 Å². The van der Waals surface area contributed by atoms with Crippen LogP contribution >= 0.6 is 0 Å². The number of benzene rings is 1. The Bertz CT molecular complexity index is 657. The maximum Gasteiger partial charge on any atom is 0.226 e. The molecular weight excluding hydrogens is 340 g/mol. The van der Waals surface area contributed by atoms with Gasteiger partial charge in [0, 0.05) is 42.8 Å². The second-order valence-electron chi connectivity index (χ2n) is 7.94. The van der Waals surface area contributed by atoms with Crippen molar-refractivity contribution in [2.24, 2.45) is 17.6 Å². The highest BCUT2D eigenvalue weighted by Gasteiger charge is 2.32. The lowest BCUT2D eigenvalue weighted by Crippen LogP contribution is -2.41. The smallest absolute Gasteiger partial charge is 0.226 e. The molecule has 1 saturated heterocycles. The maximum absolute atomic E-state index is 12.5. The van der Waals surface area contributed by atoms with E-state index in [9.17, 15) is 9.59 Å². The lowest BCUT2D eigenvalue weighted by Gasteiger charge is -2.21. The summed E-state index contributed by atoms with van der Waals surface area (Å²) in [7, 11) is 0. The van der Waals surface area contributed by atoms with Crippen molar-refractivity contribution in [2.45, 2.75) is 51.5 Å². The summed E-state index contributed by atoms with van der Waals surface area (Å²) in [5, 5.41) is 5.96. The van der Waals surface area contributed by atoms with Gasteiger partial charge in [0.05, 0.1) is 0 Å². The molecular formula is C21H32N4O2. The highest BCUT2D eigenvalue weighted by Crippen LogP contribution is 2.31. The Balaban J connectivity index is 1.48. The van der Waals surface area contributed by atoms with E-state index in [1.54, 1.807) is 0 Å². The summed E-state index contributed by atoms with van der Waals surface area (Å²) < 4.78 is 0. The molecule has 4 N–H and O–H groups in total. The summed E-state index contributed by atoms with van der Waals surface area (Å²) in [6.07, 6.45) is 5.69. The van der Waals surface area contributed by atoms with Crippen molar-refractivity contribution < 1.29 is 9.59 Å². The van der Waals surface area contributed by atoms with Crippen LogP contribution in [-0.4, -0.2) is 37.5 Å². The summed E-state index contributed by atoms with van der Waals surface area (Å²) in [6, 6.07) is 7.79. The van der Waals surface area contributed by atoms with E-state index < -0.39 is 0 Å². The minimum Gasteiger partial charge on any atom is -0.371 e. The molecule has 1 aromatic carbocycles. The molecule has 1 heterocycles. The number of hydrogen-bond donors (Lipinski definition) is 3. The van der Waals surface area contributed by atoms with Gasteiger partial charge in [-0.25, -0.2) is 0 Å². The van der Waals surface area contributed by atoms with E-state index in [4.69, 9.17) is 5.73 Å². The monoisotopic (exact) mass is 372 g/mol. The van der Waals surface area contributed by atoms with Gasteiger partial charge in [-0.05, 0) is 63.3 Å². The second-order valence-corrected chi connectivity index (χ2v) is 7.94. The minimum absolute atomic E-state index is 0.00217. The van der Waals surface area contributed by atoms with Crippen molar-refractivity contribution in [3.05, 3.63) is 24.3 Å². The largest absolute Gasteiger partial charge is 0.371 e. The molecule has 1 saturated carbocycles. The zero-order valence-corrected chi connectivity index (χ0v) is 16.2. The van der Waals surface area contributed by atoms with Crippen LogP contribution in [0.2, 0.25) is 0 Å². The zero-order chi connectivity index (χ0) is 19.2. The van der Waals surface area contributed by atoms with Gasteiger partial charge in [-0.1, -0.05) is 12.5 Å². The summed E-state index contributed by atoms with van der Waals surface area (Å²) in [5.74, 6) is 0.236. The molecule has 27 heavy (non-hydrogen) atoms. The maximum atomic E-state index is 12.5. The van der Waals surface area contributed by atoms with E-state index in [1.807, 2.05) is 25.1 Å². The van der Waals surface area contributed by atoms with Crippen LogP contribution in [0, 0.1) is 11.8 Å². The van der Waals surface area contributed by atoms with Crippen molar-refractivity contribution in [1.29, 1.82) is 0 Å². The number of hydrogen-bond acceptors (Lipinski definition) is 4.